The van der Waals surface area contributed by atoms with Crippen LogP contribution in [0.1, 0.15) is 30.3 Å². The van der Waals surface area contributed by atoms with Crippen molar-refractivity contribution in [2.24, 2.45) is 5.92 Å². The summed E-state index contributed by atoms with van der Waals surface area (Å²) in [6.07, 6.45) is 3.97. The largest absolute Gasteiger partial charge is 0.339 e. The van der Waals surface area contributed by atoms with E-state index < -0.39 is 0 Å². The molecule has 1 amide bonds. The molecule has 1 aliphatic rings. The van der Waals surface area contributed by atoms with E-state index in [1.807, 2.05) is 47.5 Å². The lowest BCUT2D eigenvalue weighted by molar-refractivity contribution is 0.0693. The van der Waals surface area contributed by atoms with E-state index in [9.17, 15) is 4.79 Å². The van der Waals surface area contributed by atoms with E-state index in [0.717, 1.165) is 70.3 Å². The van der Waals surface area contributed by atoms with Gasteiger partial charge in [0.15, 0.2) is 5.69 Å². The van der Waals surface area contributed by atoms with E-state index in [0.29, 0.717) is 11.6 Å². The van der Waals surface area contributed by atoms with Crippen molar-refractivity contribution in [2.75, 3.05) is 13.1 Å². The van der Waals surface area contributed by atoms with Crippen LogP contribution in [-0.4, -0.2) is 44.1 Å². The molecule has 3 aromatic heterocycles. The highest BCUT2D eigenvalue weighted by molar-refractivity contribution is 6.05. The summed E-state index contributed by atoms with van der Waals surface area (Å²) >= 11 is 0. The average molecular weight is 436 g/mol. The number of benzene rings is 2. The molecule has 164 valence electrons. The maximum Gasteiger partial charge on any atom is 0.274 e. The van der Waals surface area contributed by atoms with Gasteiger partial charge in [0, 0.05) is 41.3 Å². The highest BCUT2D eigenvalue weighted by Gasteiger charge is 2.25. The Morgan fingerprint density at radius 1 is 0.970 bits per heavy atom. The van der Waals surface area contributed by atoms with Crippen LogP contribution in [0.2, 0.25) is 0 Å². The summed E-state index contributed by atoms with van der Waals surface area (Å²) in [5.41, 5.74) is 6.43. The normalized spacial score (nSPS) is 14.9. The first kappa shape index (κ1) is 19.7. The first-order valence-electron chi connectivity index (χ1n) is 11.5. The Hall–Kier alpha value is -3.93. The zero-order valence-corrected chi connectivity index (χ0v) is 18.5. The van der Waals surface area contributed by atoms with Gasteiger partial charge in [0.1, 0.15) is 5.65 Å². The van der Waals surface area contributed by atoms with Gasteiger partial charge in [-0.3, -0.25) is 9.89 Å². The van der Waals surface area contributed by atoms with Crippen LogP contribution in [-0.2, 0) is 0 Å². The maximum absolute atomic E-state index is 13.2. The minimum atomic E-state index is 0.0111. The summed E-state index contributed by atoms with van der Waals surface area (Å²) in [5, 5.41) is 9.31. The number of nitrogens with zero attached hydrogens (tertiary/aromatic N) is 3. The number of rotatable bonds is 3. The molecule has 1 fully saturated rings. The summed E-state index contributed by atoms with van der Waals surface area (Å²) in [6, 6.07) is 20.6. The molecule has 4 heterocycles. The molecule has 6 nitrogen and oxygen atoms in total. The van der Waals surface area contributed by atoms with E-state index in [1.165, 1.54) is 0 Å². The quantitative estimate of drug-likeness (QED) is 0.385. The van der Waals surface area contributed by atoms with E-state index in [4.69, 9.17) is 0 Å². The number of carbonyl (C=O) groups excluding carboxylic acids is 1. The molecule has 33 heavy (non-hydrogen) atoms. The van der Waals surface area contributed by atoms with Crippen LogP contribution in [0.15, 0.2) is 66.9 Å². The number of amides is 1. The van der Waals surface area contributed by atoms with Crippen molar-refractivity contribution in [2.45, 2.75) is 19.8 Å². The van der Waals surface area contributed by atoms with Crippen molar-refractivity contribution in [1.29, 1.82) is 0 Å². The molecule has 6 heteroatoms. The molecule has 2 aromatic carbocycles. The fourth-order valence-electron chi connectivity index (χ4n) is 4.66. The molecule has 6 rings (SSSR count). The Balaban J connectivity index is 1.35. The zero-order valence-electron chi connectivity index (χ0n) is 18.5. The number of pyridine rings is 1. The van der Waals surface area contributed by atoms with Crippen molar-refractivity contribution < 1.29 is 4.79 Å². The van der Waals surface area contributed by atoms with Gasteiger partial charge >= 0.3 is 0 Å². The number of carbonyl (C=O) groups is 1. The lowest BCUT2D eigenvalue weighted by Crippen LogP contribution is -2.38. The third-order valence-corrected chi connectivity index (χ3v) is 6.72. The summed E-state index contributed by atoms with van der Waals surface area (Å²) in [5.74, 6) is 0.687. The van der Waals surface area contributed by atoms with Crippen LogP contribution in [0.4, 0.5) is 0 Å². The molecule has 1 saturated heterocycles. The molecule has 0 aliphatic carbocycles. The summed E-state index contributed by atoms with van der Waals surface area (Å²) in [6.45, 7) is 3.84. The van der Waals surface area contributed by atoms with E-state index >= 15 is 0 Å². The van der Waals surface area contributed by atoms with Crippen molar-refractivity contribution in [3.05, 3.63) is 72.6 Å². The van der Waals surface area contributed by atoms with Crippen LogP contribution in [0.25, 0.3) is 44.3 Å². The van der Waals surface area contributed by atoms with Crippen molar-refractivity contribution >= 4 is 27.8 Å². The van der Waals surface area contributed by atoms with Crippen LogP contribution in [0.5, 0.6) is 0 Å². The third-order valence-electron chi connectivity index (χ3n) is 6.72. The Morgan fingerprint density at radius 3 is 2.61 bits per heavy atom. The molecule has 0 saturated carbocycles. The SMILES string of the molecule is CC1CCN(C(=O)c2n[nH]c3ccc(-c4cnc5[nH]c(-c6ccccc6)cc5c4)cc23)CC1. The second kappa shape index (κ2) is 7.89. The molecular formula is C27H25N5O. The lowest BCUT2D eigenvalue weighted by Gasteiger charge is -2.29. The average Bonchev–Trinajstić information content (AvgIpc) is 3.48. The van der Waals surface area contributed by atoms with E-state index in [2.05, 4.69) is 51.4 Å². The molecule has 0 atom stereocenters. The lowest BCUT2D eigenvalue weighted by atomic mass is 9.98. The number of likely N-dealkylation sites (tertiary alicyclic amines) is 1. The Labute approximate surface area is 191 Å². The molecule has 0 unspecified atom stereocenters. The fraction of sp³-hybridized carbons (Fsp3) is 0.222. The second-order valence-electron chi connectivity index (χ2n) is 9.02. The summed E-state index contributed by atoms with van der Waals surface area (Å²) in [7, 11) is 0. The van der Waals surface area contributed by atoms with Gasteiger partial charge in [0.05, 0.1) is 5.52 Å². The molecule has 5 aromatic rings. The smallest absolute Gasteiger partial charge is 0.274 e. The molecule has 2 N–H and O–H groups in total. The Bertz CT molecular complexity index is 1460. The standard InChI is InChI=1S/C27H25N5O/c1-17-9-11-32(12-10-17)27(33)25-22-14-19(7-8-23(22)30-31-25)21-13-20-15-24(29-26(20)28-16-21)18-5-3-2-4-6-18/h2-8,13-17H,9-12H2,1H3,(H,28,29)(H,30,31). The first-order valence-corrected chi connectivity index (χ1v) is 11.5. The minimum absolute atomic E-state index is 0.0111. The van der Waals surface area contributed by atoms with Gasteiger partial charge in [-0.15, -0.1) is 0 Å². The van der Waals surface area contributed by atoms with Gasteiger partial charge in [-0.2, -0.15) is 5.10 Å². The number of fused-ring (bicyclic) bond motifs is 2. The first-order chi connectivity index (χ1) is 16.2. The van der Waals surface area contributed by atoms with Crippen LogP contribution < -0.4 is 0 Å². The van der Waals surface area contributed by atoms with Gasteiger partial charge in [-0.1, -0.05) is 43.3 Å². The summed E-state index contributed by atoms with van der Waals surface area (Å²) in [4.78, 5) is 23.2. The predicted molar refractivity (Wildman–Crippen MR) is 131 cm³/mol. The van der Waals surface area contributed by atoms with Gasteiger partial charge < -0.3 is 9.88 Å². The Morgan fingerprint density at radius 2 is 1.79 bits per heavy atom. The van der Waals surface area contributed by atoms with Crippen molar-refractivity contribution in [3.8, 4) is 22.4 Å². The number of H-pyrrole nitrogens is 2. The molecule has 0 radical (unpaired) electrons. The van der Waals surface area contributed by atoms with E-state index in [-0.39, 0.29) is 5.91 Å². The zero-order chi connectivity index (χ0) is 22.4. The van der Waals surface area contributed by atoms with Crippen LogP contribution in [0.3, 0.4) is 0 Å². The third kappa shape index (κ3) is 3.57. The molecule has 0 spiro atoms. The topological polar surface area (TPSA) is 77.7 Å². The van der Waals surface area contributed by atoms with Gasteiger partial charge in [0.2, 0.25) is 0 Å². The monoisotopic (exact) mass is 435 g/mol. The number of aromatic amines is 2. The van der Waals surface area contributed by atoms with E-state index in [1.54, 1.807) is 0 Å². The van der Waals surface area contributed by atoms with Crippen molar-refractivity contribution in [1.82, 2.24) is 25.1 Å². The number of hydrogen-bond donors (Lipinski definition) is 2. The van der Waals surface area contributed by atoms with Crippen LogP contribution in [0, 0.1) is 5.92 Å². The van der Waals surface area contributed by atoms with Gasteiger partial charge in [0.25, 0.3) is 5.91 Å². The van der Waals surface area contributed by atoms with Gasteiger partial charge in [-0.05, 0) is 54.2 Å². The fourth-order valence-corrected chi connectivity index (χ4v) is 4.66. The highest BCUT2D eigenvalue weighted by atomic mass is 16.2. The Kier molecular flexibility index (Phi) is 4.72. The van der Waals surface area contributed by atoms with Gasteiger partial charge in [-0.25, -0.2) is 4.98 Å². The number of hydrogen-bond acceptors (Lipinski definition) is 3. The maximum atomic E-state index is 13.2. The highest BCUT2D eigenvalue weighted by Crippen LogP contribution is 2.30. The second-order valence-corrected chi connectivity index (χ2v) is 9.02. The van der Waals surface area contributed by atoms with Crippen LogP contribution >= 0.6 is 0 Å². The molecular weight excluding hydrogens is 410 g/mol. The predicted octanol–water partition coefficient (Wildman–Crippen LogP) is 5.65. The number of nitrogens with one attached hydrogen (secondary N) is 2. The minimum Gasteiger partial charge on any atom is -0.339 e. The number of aromatic nitrogens is 4. The summed E-state index contributed by atoms with van der Waals surface area (Å²) < 4.78 is 0. The van der Waals surface area contributed by atoms with Crippen molar-refractivity contribution in [3.63, 3.8) is 0 Å². The molecule has 1 aliphatic heterocycles. The number of piperidine rings is 1. The molecule has 0 bridgehead atoms.